The summed E-state index contributed by atoms with van der Waals surface area (Å²) in [4.78, 5) is 12.9. The first kappa shape index (κ1) is 16.4. The van der Waals surface area contributed by atoms with Gasteiger partial charge in [0.25, 0.3) is 10.0 Å². The van der Waals surface area contributed by atoms with Gasteiger partial charge < -0.3 is 4.90 Å². The largest absolute Gasteiger partial charge is 0.312 e. The van der Waals surface area contributed by atoms with Crippen molar-refractivity contribution < 1.29 is 22.0 Å². The van der Waals surface area contributed by atoms with Crippen LogP contribution in [0.2, 0.25) is 0 Å². The van der Waals surface area contributed by atoms with Crippen molar-refractivity contribution in [3.63, 3.8) is 0 Å². The van der Waals surface area contributed by atoms with Crippen molar-refractivity contribution in [1.82, 2.24) is 0 Å². The number of anilines is 2. The lowest BCUT2D eigenvalue weighted by molar-refractivity contribution is -0.117. The molecule has 1 aliphatic heterocycles. The average molecular weight is 352 g/mol. The van der Waals surface area contributed by atoms with Gasteiger partial charge in [0.15, 0.2) is 11.6 Å². The van der Waals surface area contributed by atoms with Gasteiger partial charge in [-0.2, -0.15) is 0 Å². The molecule has 1 N–H and O–H groups in total. The number of amides is 1. The molecule has 126 valence electrons. The van der Waals surface area contributed by atoms with E-state index in [9.17, 15) is 22.0 Å². The standard InChI is InChI=1S/C16H14F2N2O3S/c17-14-8-7-13(10-15(14)18)24(22,23)19-11-3-5-12(6-4-11)20-9-1-2-16(20)21/h3-8,10,19H,1-2,9H2. The van der Waals surface area contributed by atoms with Gasteiger partial charge in [0.05, 0.1) is 4.90 Å². The fourth-order valence-corrected chi connectivity index (χ4v) is 3.56. The summed E-state index contributed by atoms with van der Waals surface area (Å²) in [6.45, 7) is 0.638. The smallest absolute Gasteiger partial charge is 0.261 e. The van der Waals surface area contributed by atoms with Gasteiger partial charge in [-0.05, 0) is 48.9 Å². The topological polar surface area (TPSA) is 66.5 Å². The zero-order valence-corrected chi connectivity index (χ0v) is 13.3. The number of hydrogen-bond donors (Lipinski definition) is 1. The molecule has 0 atom stereocenters. The van der Waals surface area contributed by atoms with Gasteiger partial charge in [0, 0.05) is 24.3 Å². The molecular formula is C16H14F2N2O3S. The van der Waals surface area contributed by atoms with Gasteiger partial charge in [0.1, 0.15) is 0 Å². The molecule has 1 saturated heterocycles. The minimum Gasteiger partial charge on any atom is -0.312 e. The van der Waals surface area contributed by atoms with Crippen LogP contribution in [0, 0.1) is 11.6 Å². The molecule has 0 aromatic heterocycles. The minimum absolute atomic E-state index is 0.0325. The van der Waals surface area contributed by atoms with Gasteiger partial charge >= 0.3 is 0 Å². The number of carbonyl (C=O) groups excluding carboxylic acids is 1. The van der Waals surface area contributed by atoms with Gasteiger partial charge in [-0.3, -0.25) is 9.52 Å². The molecule has 0 aliphatic carbocycles. The molecule has 2 aromatic carbocycles. The summed E-state index contributed by atoms with van der Waals surface area (Å²) in [6, 6.07) is 8.65. The highest BCUT2D eigenvalue weighted by molar-refractivity contribution is 7.92. The van der Waals surface area contributed by atoms with Crippen molar-refractivity contribution >= 4 is 27.3 Å². The number of hydrogen-bond acceptors (Lipinski definition) is 3. The van der Waals surface area contributed by atoms with E-state index in [1.165, 1.54) is 12.1 Å². The Morgan fingerprint density at radius 3 is 2.29 bits per heavy atom. The Hall–Kier alpha value is -2.48. The fourth-order valence-electron chi connectivity index (χ4n) is 2.49. The van der Waals surface area contributed by atoms with Crippen LogP contribution in [0.15, 0.2) is 47.4 Å². The molecule has 3 rings (SSSR count). The molecule has 0 bridgehead atoms. The van der Waals surface area contributed by atoms with Gasteiger partial charge in [-0.15, -0.1) is 0 Å². The summed E-state index contributed by atoms with van der Waals surface area (Å²) >= 11 is 0. The first-order valence-corrected chi connectivity index (χ1v) is 8.73. The molecule has 0 radical (unpaired) electrons. The SMILES string of the molecule is O=C1CCCN1c1ccc(NS(=O)(=O)c2ccc(F)c(F)c2)cc1. The van der Waals surface area contributed by atoms with Gasteiger partial charge in [-0.25, -0.2) is 17.2 Å². The van der Waals surface area contributed by atoms with E-state index in [2.05, 4.69) is 4.72 Å². The van der Waals surface area contributed by atoms with Crippen LogP contribution < -0.4 is 9.62 Å². The van der Waals surface area contributed by atoms with Crippen LogP contribution >= 0.6 is 0 Å². The Bertz CT molecular complexity index is 883. The van der Waals surface area contributed by atoms with E-state index < -0.39 is 21.7 Å². The van der Waals surface area contributed by atoms with E-state index in [-0.39, 0.29) is 16.5 Å². The number of nitrogens with one attached hydrogen (secondary N) is 1. The molecule has 2 aromatic rings. The van der Waals surface area contributed by atoms with Crippen molar-refractivity contribution in [3.8, 4) is 0 Å². The molecular weight excluding hydrogens is 338 g/mol. The Morgan fingerprint density at radius 1 is 1.00 bits per heavy atom. The third-order valence-corrected chi connectivity index (χ3v) is 5.08. The van der Waals surface area contributed by atoms with Crippen LogP contribution in [0.1, 0.15) is 12.8 Å². The van der Waals surface area contributed by atoms with Gasteiger partial charge in [-0.1, -0.05) is 0 Å². The van der Waals surface area contributed by atoms with Crippen molar-refractivity contribution in [2.45, 2.75) is 17.7 Å². The molecule has 1 heterocycles. The maximum atomic E-state index is 13.2. The summed E-state index contributed by atoms with van der Waals surface area (Å²) in [5, 5.41) is 0. The van der Waals surface area contributed by atoms with Crippen molar-refractivity contribution in [1.29, 1.82) is 0 Å². The number of benzene rings is 2. The molecule has 1 amide bonds. The third-order valence-electron chi connectivity index (χ3n) is 3.71. The number of sulfonamides is 1. The summed E-state index contributed by atoms with van der Waals surface area (Å²) < 4.78 is 52.8. The predicted molar refractivity (Wildman–Crippen MR) is 85.2 cm³/mol. The van der Waals surface area contributed by atoms with E-state index in [1.807, 2.05) is 0 Å². The number of rotatable bonds is 4. The molecule has 1 aliphatic rings. The predicted octanol–water partition coefficient (Wildman–Crippen LogP) is 2.89. The highest BCUT2D eigenvalue weighted by Gasteiger charge is 2.22. The first-order valence-electron chi connectivity index (χ1n) is 7.25. The van der Waals surface area contributed by atoms with Crippen molar-refractivity contribution in [2.75, 3.05) is 16.2 Å². The van der Waals surface area contributed by atoms with E-state index in [1.54, 1.807) is 17.0 Å². The maximum absolute atomic E-state index is 13.2. The highest BCUT2D eigenvalue weighted by atomic mass is 32.2. The molecule has 1 fully saturated rings. The number of halogens is 2. The summed E-state index contributed by atoms with van der Waals surface area (Å²) in [7, 11) is -4.03. The summed E-state index contributed by atoms with van der Waals surface area (Å²) in [6.07, 6.45) is 1.30. The number of nitrogens with zero attached hydrogens (tertiary/aromatic N) is 1. The Balaban J connectivity index is 1.80. The zero-order chi connectivity index (χ0) is 17.3. The normalized spacial score (nSPS) is 14.9. The average Bonchev–Trinajstić information content (AvgIpc) is 2.96. The van der Waals surface area contributed by atoms with Crippen molar-refractivity contribution in [3.05, 3.63) is 54.1 Å². The van der Waals surface area contributed by atoms with Crippen molar-refractivity contribution in [2.24, 2.45) is 0 Å². The minimum atomic E-state index is -4.03. The van der Waals surface area contributed by atoms with Gasteiger partial charge in [0.2, 0.25) is 5.91 Å². The highest BCUT2D eigenvalue weighted by Crippen LogP contribution is 2.24. The molecule has 5 nitrogen and oxygen atoms in total. The lowest BCUT2D eigenvalue weighted by Crippen LogP contribution is -2.23. The van der Waals surface area contributed by atoms with Crippen LogP contribution in [0.3, 0.4) is 0 Å². The van der Waals surface area contributed by atoms with E-state index in [0.29, 0.717) is 24.7 Å². The second kappa shape index (κ2) is 6.20. The zero-order valence-electron chi connectivity index (χ0n) is 12.5. The molecule has 24 heavy (non-hydrogen) atoms. The van der Waals surface area contributed by atoms with Crippen LogP contribution in [0.4, 0.5) is 20.2 Å². The Kier molecular flexibility index (Phi) is 4.23. The number of carbonyl (C=O) groups is 1. The lowest BCUT2D eigenvalue weighted by Gasteiger charge is -2.16. The van der Waals surface area contributed by atoms with E-state index in [4.69, 9.17) is 0 Å². The quantitative estimate of drug-likeness (QED) is 0.920. The summed E-state index contributed by atoms with van der Waals surface area (Å²) in [5.74, 6) is -2.32. The third kappa shape index (κ3) is 3.23. The van der Waals surface area contributed by atoms with Crippen LogP contribution in [0.25, 0.3) is 0 Å². The van der Waals surface area contributed by atoms with E-state index >= 15 is 0 Å². The molecule has 8 heteroatoms. The Labute approximate surface area is 138 Å². The molecule has 0 saturated carbocycles. The van der Waals surface area contributed by atoms with Crippen LogP contribution in [-0.2, 0) is 14.8 Å². The van der Waals surface area contributed by atoms with Crippen LogP contribution in [0.5, 0.6) is 0 Å². The maximum Gasteiger partial charge on any atom is 0.261 e. The lowest BCUT2D eigenvalue weighted by atomic mass is 10.2. The first-order chi connectivity index (χ1) is 11.4. The van der Waals surface area contributed by atoms with Crippen LogP contribution in [-0.4, -0.2) is 20.9 Å². The van der Waals surface area contributed by atoms with E-state index in [0.717, 1.165) is 18.6 Å². The monoisotopic (exact) mass is 352 g/mol. The fraction of sp³-hybridized carbons (Fsp3) is 0.188. The summed E-state index contributed by atoms with van der Waals surface area (Å²) in [5.41, 5.74) is 0.948. The second-order valence-corrected chi connectivity index (χ2v) is 7.06. The molecule has 0 unspecified atom stereocenters. The Morgan fingerprint density at radius 2 is 1.71 bits per heavy atom. The molecule has 0 spiro atoms. The second-order valence-electron chi connectivity index (χ2n) is 5.38.